The summed E-state index contributed by atoms with van der Waals surface area (Å²) in [4.78, 5) is 3.62. The lowest BCUT2D eigenvalue weighted by Crippen LogP contribution is -2.33. The van der Waals surface area contributed by atoms with E-state index in [1.807, 2.05) is 36.0 Å². The van der Waals surface area contributed by atoms with E-state index < -0.39 is 0 Å². The second kappa shape index (κ2) is 6.68. The van der Waals surface area contributed by atoms with Crippen LogP contribution in [0.4, 0.5) is 5.69 Å². The number of nitrogens with one attached hydrogen (secondary N) is 1. The predicted molar refractivity (Wildman–Crippen MR) is 95.4 cm³/mol. The summed E-state index contributed by atoms with van der Waals surface area (Å²) in [5.41, 5.74) is 0.989. The van der Waals surface area contributed by atoms with Crippen molar-refractivity contribution in [2.75, 3.05) is 24.7 Å². The molecule has 1 N–H and O–H groups in total. The van der Waals surface area contributed by atoms with Crippen LogP contribution < -0.4 is 10.1 Å². The molecule has 0 radical (unpaired) electrons. The predicted octanol–water partition coefficient (Wildman–Crippen LogP) is 4.20. The largest absolute Gasteiger partial charge is 0.497 e. The Kier molecular flexibility index (Phi) is 4.67. The van der Waals surface area contributed by atoms with Crippen molar-refractivity contribution < 1.29 is 4.74 Å². The number of nitrogens with zero attached hydrogens (tertiary/aromatic N) is 1. The molecule has 3 nitrogen and oxygen atoms in total. The molecule has 3 rings (SSSR count). The number of benzene rings is 1. The molecule has 2 aromatic rings. The second-order valence-corrected chi connectivity index (χ2v) is 7.14. The van der Waals surface area contributed by atoms with E-state index >= 15 is 0 Å². The van der Waals surface area contributed by atoms with Crippen molar-refractivity contribution >= 4 is 46.1 Å². The lowest BCUT2D eigenvalue weighted by Gasteiger charge is -2.26. The minimum Gasteiger partial charge on any atom is -0.497 e. The first-order valence-electron chi connectivity index (χ1n) is 6.64. The van der Waals surface area contributed by atoms with Crippen molar-refractivity contribution in [1.29, 1.82) is 0 Å². The Labute approximate surface area is 138 Å². The highest BCUT2D eigenvalue weighted by molar-refractivity contribution is 7.99. The molecule has 2 heterocycles. The van der Waals surface area contributed by atoms with Gasteiger partial charge >= 0.3 is 0 Å². The second-order valence-electron chi connectivity index (χ2n) is 4.59. The molecular formula is C15H16N2OS3. The number of thiocarbonyl (C=S) groups is 1. The van der Waals surface area contributed by atoms with Crippen LogP contribution in [0.1, 0.15) is 10.3 Å². The lowest BCUT2D eigenvalue weighted by atomic mass is 10.3. The molecule has 1 unspecified atom stereocenters. The molecule has 1 atom stereocenters. The zero-order chi connectivity index (χ0) is 14.7. The molecule has 1 aromatic carbocycles. The molecule has 21 heavy (non-hydrogen) atoms. The van der Waals surface area contributed by atoms with E-state index in [-0.39, 0.29) is 0 Å². The quantitative estimate of drug-likeness (QED) is 0.847. The fourth-order valence-electron chi connectivity index (χ4n) is 2.22. The number of hydrogen-bond acceptors (Lipinski definition) is 4. The Morgan fingerprint density at radius 3 is 2.81 bits per heavy atom. The van der Waals surface area contributed by atoms with E-state index in [1.165, 1.54) is 4.88 Å². The molecule has 1 aromatic heterocycles. The molecule has 0 aliphatic carbocycles. The maximum Gasteiger partial charge on any atom is 0.174 e. The Balaban J connectivity index is 1.69. The van der Waals surface area contributed by atoms with E-state index in [0.29, 0.717) is 5.37 Å². The van der Waals surface area contributed by atoms with Crippen molar-refractivity contribution in [2.45, 2.75) is 5.37 Å². The maximum atomic E-state index is 5.58. The molecule has 1 saturated heterocycles. The van der Waals surface area contributed by atoms with Crippen LogP contribution in [0.2, 0.25) is 0 Å². The molecule has 0 amide bonds. The fourth-order valence-corrected chi connectivity index (χ4v) is 4.84. The topological polar surface area (TPSA) is 24.5 Å². The highest BCUT2D eigenvalue weighted by Crippen LogP contribution is 2.40. The normalized spacial score (nSPS) is 17.8. The Morgan fingerprint density at radius 2 is 2.14 bits per heavy atom. The molecule has 0 bridgehead atoms. The Hall–Kier alpha value is -1.24. The van der Waals surface area contributed by atoms with Gasteiger partial charge in [0.15, 0.2) is 5.11 Å². The van der Waals surface area contributed by atoms with Crippen molar-refractivity contribution in [2.24, 2.45) is 0 Å². The summed E-state index contributed by atoms with van der Waals surface area (Å²) < 4.78 is 5.17. The summed E-state index contributed by atoms with van der Waals surface area (Å²) in [7, 11) is 1.67. The average Bonchev–Trinajstić information content (AvgIpc) is 3.18. The minimum absolute atomic E-state index is 0.336. The van der Waals surface area contributed by atoms with Gasteiger partial charge in [-0.05, 0) is 47.9 Å². The average molecular weight is 337 g/mol. The van der Waals surface area contributed by atoms with Crippen LogP contribution in [-0.4, -0.2) is 29.4 Å². The van der Waals surface area contributed by atoms with Crippen LogP contribution >= 0.6 is 35.3 Å². The number of methoxy groups -OCH3 is 1. The summed E-state index contributed by atoms with van der Waals surface area (Å²) in [5, 5.41) is 6.56. The number of rotatable bonds is 3. The molecule has 110 valence electrons. The highest BCUT2D eigenvalue weighted by atomic mass is 32.2. The molecule has 1 aliphatic rings. The van der Waals surface area contributed by atoms with Gasteiger partial charge in [0.2, 0.25) is 0 Å². The van der Waals surface area contributed by atoms with Crippen LogP contribution in [0.25, 0.3) is 0 Å². The van der Waals surface area contributed by atoms with Crippen LogP contribution in [0.15, 0.2) is 41.8 Å². The number of hydrogen-bond donors (Lipinski definition) is 1. The van der Waals surface area contributed by atoms with Crippen molar-refractivity contribution in [1.82, 2.24) is 4.90 Å². The third-order valence-corrected chi connectivity index (χ3v) is 5.93. The molecule has 0 saturated carbocycles. The van der Waals surface area contributed by atoms with Crippen LogP contribution in [0, 0.1) is 0 Å². The minimum atomic E-state index is 0.336. The molecular weight excluding hydrogens is 320 g/mol. The van der Waals surface area contributed by atoms with Gasteiger partial charge < -0.3 is 15.0 Å². The van der Waals surface area contributed by atoms with Gasteiger partial charge in [-0.3, -0.25) is 0 Å². The van der Waals surface area contributed by atoms with E-state index in [1.54, 1.807) is 18.4 Å². The summed E-state index contributed by atoms with van der Waals surface area (Å²) >= 11 is 9.31. The van der Waals surface area contributed by atoms with Crippen molar-refractivity contribution in [3.05, 3.63) is 46.7 Å². The van der Waals surface area contributed by atoms with Crippen LogP contribution in [-0.2, 0) is 0 Å². The SMILES string of the molecule is COc1ccc(NC(=S)N2CCSC2c2cccs2)cc1. The number of ether oxygens (including phenoxy) is 1. The van der Waals surface area contributed by atoms with E-state index in [2.05, 4.69) is 27.7 Å². The lowest BCUT2D eigenvalue weighted by molar-refractivity contribution is 0.415. The summed E-state index contributed by atoms with van der Waals surface area (Å²) in [6, 6.07) is 12.1. The van der Waals surface area contributed by atoms with E-state index in [4.69, 9.17) is 17.0 Å². The fraction of sp³-hybridized carbons (Fsp3) is 0.267. The first-order chi connectivity index (χ1) is 10.3. The highest BCUT2D eigenvalue weighted by Gasteiger charge is 2.29. The first kappa shape index (κ1) is 14.7. The standard InChI is InChI=1S/C15H16N2OS3/c1-18-12-6-4-11(5-7-12)16-15(19)17-8-10-21-14(17)13-3-2-9-20-13/h2-7,9,14H,8,10H2,1H3,(H,16,19). The van der Waals surface area contributed by atoms with Gasteiger partial charge in [-0.25, -0.2) is 0 Å². The summed E-state index contributed by atoms with van der Waals surface area (Å²) in [5.74, 6) is 1.95. The first-order valence-corrected chi connectivity index (χ1v) is 8.98. The van der Waals surface area contributed by atoms with E-state index in [0.717, 1.165) is 28.8 Å². The zero-order valence-electron chi connectivity index (χ0n) is 11.6. The molecule has 6 heteroatoms. The Bertz CT molecular complexity index is 598. The van der Waals surface area contributed by atoms with Crippen molar-refractivity contribution in [3.8, 4) is 5.75 Å². The smallest absolute Gasteiger partial charge is 0.174 e. The third kappa shape index (κ3) is 3.33. The monoisotopic (exact) mass is 336 g/mol. The van der Waals surface area contributed by atoms with Gasteiger partial charge in [-0.1, -0.05) is 6.07 Å². The van der Waals surface area contributed by atoms with Gasteiger partial charge in [-0.2, -0.15) is 0 Å². The summed E-state index contributed by atoms with van der Waals surface area (Å²) in [6.07, 6.45) is 0. The number of thioether (sulfide) groups is 1. The van der Waals surface area contributed by atoms with Gasteiger partial charge in [0.25, 0.3) is 0 Å². The third-order valence-electron chi connectivity index (χ3n) is 3.28. The number of thiophene rings is 1. The number of anilines is 1. The molecule has 1 aliphatic heterocycles. The molecule has 0 spiro atoms. The van der Waals surface area contributed by atoms with Gasteiger partial charge in [0, 0.05) is 22.9 Å². The zero-order valence-corrected chi connectivity index (χ0v) is 14.1. The van der Waals surface area contributed by atoms with Crippen LogP contribution in [0.5, 0.6) is 5.75 Å². The molecule has 1 fully saturated rings. The van der Waals surface area contributed by atoms with Crippen LogP contribution in [0.3, 0.4) is 0 Å². The maximum absolute atomic E-state index is 5.58. The van der Waals surface area contributed by atoms with Gasteiger partial charge in [-0.15, -0.1) is 23.1 Å². The van der Waals surface area contributed by atoms with Crippen molar-refractivity contribution in [3.63, 3.8) is 0 Å². The van der Waals surface area contributed by atoms with E-state index in [9.17, 15) is 0 Å². The Morgan fingerprint density at radius 1 is 1.33 bits per heavy atom. The summed E-state index contributed by atoms with van der Waals surface area (Å²) in [6.45, 7) is 0.981. The van der Waals surface area contributed by atoms with Gasteiger partial charge in [0.1, 0.15) is 11.1 Å². The van der Waals surface area contributed by atoms with Gasteiger partial charge in [0.05, 0.1) is 7.11 Å².